The number of benzene rings is 9. The number of para-hydroxylation sites is 3. The third-order valence-electron chi connectivity index (χ3n) is 12.8. The number of thiophene rings is 2. The minimum Gasteiger partial charge on any atom is -0.309 e. The van der Waals surface area contributed by atoms with E-state index in [-0.39, 0.29) is 0 Å². The predicted octanol–water partition coefficient (Wildman–Crippen LogP) is 15.8. The Morgan fingerprint density at radius 3 is 1.67 bits per heavy atom. The van der Waals surface area contributed by atoms with Crippen molar-refractivity contribution in [3.63, 3.8) is 0 Å². The van der Waals surface area contributed by atoms with E-state index in [0.29, 0.717) is 17.5 Å². The molecule has 298 valence electrons. The molecular weight excluding hydrogens is 819 g/mol. The molecule has 0 unspecified atom stereocenters. The fourth-order valence-electron chi connectivity index (χ4n) is 9.96. The second kappa shape index (κ2) is 13.8. The second-order valence-corrected chi connectivity index (χ2v) is 18.5. The third kappa shape index (κ3) is 5.26. The van der Waals surface area contributed by atoms with Crippen LogP contribution in [0.4, 0.5) is 0 Å². The van der Waals surface area contributed by atoms with Crippen LogP contribution in [0.5, 0.6) is 0 Å². The van der Waals surface area contributed by atoms with Crippen LogP contribution in [0, 0.1) is 0 Å². The Kier molecular flexibility index (Phi) is 7.66. The van der Waals surface area contributed by atoms with Crippen molar-refractivity contribution >= 4 is 107 Å². The maximum absolute atomic E-state index is 5.23. The van der Waals surface area contributed by atoms with E-state index in [4.69, 9.17) is 15.0 Å². The van der Waals surface area contributed by atoms with E-state index in [2.05, 4.69) is 191 Å². The Hall–Kier alpha value is -7.97. The van der Waals surface area contributed by atoms with Gasteiger partial charge in [-0.25, -0.2) is 15.0 Å². The van der Waals surface area contributed by atoms with E-state index in [1.54, 1.807) is 11.3 Å². The quantitative estimate of drug-likeness (QED) is 0.173. The normalized spacial score (nSPS) is 12.1. The summed E-state index contributed by atoms with van der Waals surface area (Å²) in [6.07, 6.45) is 0. The largest absolute Gasteiger partial charge is 0.309 e. The average Bonchev–Trinajstić information content (AvgIpc) is 4.11. The maximum atomic E-state index is 5.23. The minimum atomic E-state index is 0.659. The highest BCUT2D eigenvalue weighted by Gasteiger charge is 2.21. The summed E-state index contributed by atoms with van der Waals surface area (Å²) in [7, 11) is 0. The van der Waals surface area contributed by atoms with Gasteiger partial charge in [-0.05, 0) is 60.7 Å². The van der Waals surface area contributed by atoms with Gasteiger partial charge in [-0.3, -0.25) is 0 Å². The molecule has 0 atom stereocenters. The van der Waals surface area contributed by atoms with Gasteiger partial charge in [0, 0.05) is 84.3 Å². The van der Waals surface area contributed by atoms with Gasteiger partial charge in [0.05, 0.1) is 27.8 Å². The highest BCUT2D eigenvalue weighted by Crippen LogP contribution is 2.43. The summed E-state index contributed by atoms with van der Waals surface area (Å²) in [4.78, 5) is 15.5. The summed E-state index contributed by atoms with van der Waals surface area (Å²) in [6, 6.07) is 71.9. The first kappa shape index (κ1) is 35.6. The van der Waals surface area contributed by atoms with Gasteiger partial charge in [0.2, 0.25) is 0 Å². The van der Waals surface area contributed by atoms with E-state index in [1.165, 1.54) is 89.6 Å². The lowest BCUT2D eigenvalue weighted by molar-refractivity contribution is 1.08. The van der Waals surface area contributed by atoms with E-state index in [9.17, 15) is 0 Å². The molecule has 0 bridgehead atoms. The number of rotatable bonds is 5. The topological polar surface area (TPSA) is 48.5 Å². The number of aromatic nitrogens is 5. The molecule has 0 aliphatic heterocycles. The van der Waals surface area contributed by atoms with Crippen molar-refractivity contribution in [3.05, 3.63) is 200 Å². The van der Waals surface area contributed by atoms with Crippen molar-refractivity contribution in [2.75, 3.05) is 0 Å². The molecule has 0 aliphatic carbocycles. The Morgan fingerprint density at radius 1 is 0.328 bits per heavy atom. The molecule has 5 nitrogen and oxygen atoms in total. The van der Waals surface area contributed by atoms with Crippen LogP contribution < -0.4 is 0 Å². The molecule has 0 saturated carbocycles. The zero-order chi connectivity index (χ0) is 41.9. The van der Waals surface area contributed by atoms with Crippen molar-refractivity contribution in [2.45, 2.75) is 0 Å². The van der Waals surface area contributed by atoms with Gasteiger partial charge in [-0.1, -0.05) is 140 Å². The van der Waals surface area contributed by atoms with Gasteiger partial charge in [0.1, 0.15) is 0 Å². The Balaban J connectivity index is 0.925. The zero-order valence-electron chi connectivity index (χ0n) is 34.1. The molecule has 0 spiro atoms. The molecule has 64 heavy (non-hydrogen) atoms. The molecule has 5 aromatic heterocycles. The monoisotopic (exact) mass is 851 g/mol. The standard InChI is InChI=1S/C57H33N5S2/c1-2-14-34(15-3-1)55-58-56(60-57(59-55)44-21-12-20-42-39-18-7-11-27-50(39)64-54(42)44)35-28-30-40-41-31-29-36(33-52(41)63-51(40)32-35)61-47-24-10-6-19-43(47)53-48(61)25-13-26-49(53)62-45-22-8-4-16-37(45)38-17-5-9-23-46(38)62/h1-33H. The van der Waals surface area contributed by atoms with Crippen molar-refractivity contribution in [3.8, 4) is 45.5 Å². The molecule has 14 rings (SSSR count). The molecule has 7 heteroatoms. The highest BCUT2D eigenvalue weighted by atomic mass is 32.1. The minimum absolute atomic E-state index is 0.659. The van der Waals surface area contributed by atoms with Gasteiger partial charge in [0.25, 0.3) is 0 Å². The lowest BCUT2D eigenvalue weighted by Gasteiger charge is -2.11. The maximum Gasteiger partial charge on any atom is 0.165 e. The van der Waals surface area contributed by atoms with Crippen molar-refractivity contribution in [1.82, 2.24) is 24.1 Å². The lowest BCUT2D eigenvalue weighted by atomic mass is 10.1. The van der Waals surface area contributed by atoms with Gasteiger partial charge in [-0.2, -0.15) is 0 Å². The van der Waals surface area contributed by atoms with Crippen LogP contribution in [0.25, 0.3) is 129 Å². The molecule has 0 fully saturated rings. The molecule has 0 amide bonds. The number of hydrogen-bond acceptors (Lipinski definition) is 5. The second-order valence-electron chi connectivity index (χ2n) is 16.3. The molecular formula is C57H33N5S2. The number of hydrogen-bond donors (Lipinski definition) is 0. The number of nitrogens with zero attached hydrogens (tertiary/aromatic N) is 5. The average molecular weight is 852 g/mol. The van der Waals surface area contributed by atoms with Crippen LogP contribution in [0.15, 0.2) is 200 Å². The summed E-state index contributed by atoms with van der Waals surface area (Å²) in [5, 5.41) is 9.91. The summed E-state index contributed by atoms with van der Waals surface area (Å²) < 4.78 is 9.73. The molecule has 9 aromatic carbocycles. The first-order chi connectivity index (χ1) is 31.7. The van der Waals surface area contributed by atoms with E-state index in [0.717, 1.165) is 22.4 Å². The van der Waals surface area contributed by atoms with Gasteiger partial charge < -0.3 is 9.13 Å². The molecule has 0 aliphatic rings. The fourth-order valence-corrected chi connectivity index (χ4v) is 12.3. The molecule has 5 heterocycles. The van der Waals surface area contributed by atoms with Crippen molar-refractivity contribution < 1.29 is 0 Å². The predicted molar refractivity (Wildman–Crippen MR) is 271 cm³/mol. The first-order valence-electron chi connectivity index (χ1n) is 21.4. The van der Waals surface area contributed by atoms with Crippen molar-refractivity contribution in [2.24, 2.45) is 0 Å². The lowest BCUT2D eigenvalue weighted by Crippen LogP contribution is -2.00. The van der Waals surface area contributed by atoms with Crippen LogP contribution in [-0.2, 0) is 0 Å². The van der Waals surface area contributed by atoms with Gasteiger partial charge in [-0.15, -0.1) is 22.7 Å². The fraction of sp³-hybridized carbons (Fsp3) is 0. The Labute approximate surface area is 374 Å². The van der Waals surface area contributed by atoms with E-state index < -0.39 is 0 Å². The van der Waals surface area contributed by atoms with Crippen LogP contribution in [-0.4, -0.2) is 24.1 Å². The van der Waals surface area contributed by atoms with E-state index >= 15 is 0 Å². The van der Waals surface area contributed by atoms with Crippen LogP contribution in [0.2, 0.25) is 0 Å². The first-order valence-corrected chi connectivity index (χ1v) is 23.1. The molecule has 0 N–H and O–H groups in total. The summed E-state index contributed by atoms with van der Waals surface area (Å²) in [6.45, 7) is 0. The summed E-state index contributed by atoms with van der Waals surface area (Å²) in [5.41, 5.74) is 10.0. The summed E-state index contributed by atoms with van der Waals surface area (Å²) in [5.74, 6) is 1.99. The smallest absolute Gasteiger partial charge is 0.165 e. The van der Waals surface area contributed by atoms with Crippen molar-refractivity contribution in [1.29, 1.82) is 0 Å². The molecule has 0 saturated heterocycles. The third-order valence-corrected chi connectivity index (χ3v) is 15.1. The van der Waals surface area contributed by atoms with E-state index in [1.807, 2.05) is 29.5 Å². The zero-order valence-corrected chi connectivity index (χ0v) is 35.7. The molecule has 0 radical (unpaired) electrons. The van der Waals surface area contributed by atoms with Crippen LogP contribution in [0.1, 0.15) is 0 Å². The summed E-state index contributed by atoms with van der Waals surface area (Å²) >= 11 is 3.61. The highest BCUT2D eigenvalue weighted by molar-refractivity contribution is 7.26. The molecule has 14 aromatic rings. The van der Waals surface area contributed by atoms with Crippen LogP contribution in [0.3, 0.4) is 0 Å². The van der Waals surface area contributed by atoms with Gasteiger partial charge >= 0.3 is 0 Å². The van der Waals surface area contributed by atoms with Gasteiger partial charge in [0.15, 0.2) is 17.5 Å². The number of fused-ring (bicyclic) bond motifs is 12. The Morgan fingerprint density at radius 2 is 0.891 bits per heavy atom. The SMILES string of the molecule is c1ccc(-c2nc(-c3ccc4c(c3)sc3cc(-n5c6ccccc6c6c(-n7c8ccccc8c8ccccc87)cccc65)ccc34)nc(-c3cccc4c3sc3ccccc34)n2)cc1. The van der Waals surface area contributed by atoms with Crippen LogP contribution >= 0.6 is 22.7 Å². The Bertz CT molecular complexity index is 4160.